The van der Waals surface area contributed by atoms with Crippen molar-refractivity contribution in [2.45, 2.75) is 6.04 Å². The Bertz CT molecular complexity index is 405. The van der Waals surface area contributed by atoms with Gasteiger partial charge in [0.15, 0.2) is 0 Å². The van der Waals surface area contributed by atoms with E-state index in [0.29, 0.717) is 5.69 Å². The molecule has 1 aromatic rings. The van der Waals surface area contributed by atoms with E-state index in [9.17, 15) is 14.9 Å². The van der Waals surface area contributed by atoms with Gasteiger partial charge in [-0.2, -0.15) is 0 Å². The highest BCUT2D eigenvalue weighted by Crippen LogP contribution is 2.30. The number of non-ortho nitro benzene ring substituents is 1. The molecule has 1 atom stereocenters. The molecule has 0 radical (unpaired) electrons. The van der Waals surface area contributed by atoms with Crippen molar-refractivity contribution in [3.8, 4) is 0 Å². The summed E-state index contributed by atoms with van der Waals surface area (Å²) in [5.74, 6) is 0. The quantitative estimate of drug-likeness (QED) is 0.411. The molecule has 0 spiro atoms. The molecule has 0 saturated heterocycles. The van der Waals surface area contributed by atoms with Gasteiger partial charge in [0.05, 0.1) is 10.6 Å². The molecule has 6 nitrogen and oxygen atoms in total. The number of nitro benzene ring substituents is 1. The lowest BCUT2D eigenvalue weighted by Gasteiger charge is -1.99. The van der Waals surface area contributed by atoms with Gasteiger partial charge in [-0.25, -0.2) is 5.43 Å². The molecule has 2 rings (SSSR count). The molecule has 1 aliphatic heterocycles. The fourth-order valence-corrected chi connectivity index (χ4v) is 1.38. The van der Waals surface area contributed by atoms with Gasteiger partial charge < -0.3 is 10.2 Å². The van der Waals surface area contributed by atoms with E-state index in [1.807, 2.05) is 0 Å². The maximum Gasteiger partial charge on any atom is 0.271 e. The number of carbonyl (C=O) groups is 1. The molecule has 72 valence electrons. The summed E-state index contributed by atoms with van der Waals surface area (Å²) in [6.07, 6.45) is 0.741. The van der Waals surface area contributed by atoms with Gasteiger partial charge >= 0.3 is 0 Å². The number of carbonyl (C=O) groups excluding carboxylic acids is 1. The van der Waals surface area contributed by atoms with Crippen LogP contribution in [0, 0.1) is 10.1 Å². The number of hydrogen-bond acceptors (Lipinski definition) is 5. The number of anilines is 1. The van der Waals surface area contributed by atoms with Crippen molar-refractivity contribution < 1.29 is 9.72 Å². The zero-order chi connectivity index (χ0) is 10.1. The van der Waals surface area contributed by atoms with Gasteiger partial charge in [0, 0.05) is 17.7 Å². The molecule has 1 aromatic carbocycles. The molecule has 0 aromatic heterocycles. The van der Waals surface area contributed by atoms with Crippen molar-refractivity contribution in [2.24, 2.45) is 0 Å². The third kappa shape index (κ3) is 1.21. The average molecular weight is 193 g/mol. The number of aldehydes is 1. The van der Waals surface area contributed by atoms with E-state index in [0.717, 1.165) is 11.8 Å². The Kier molecular flexibility index (Phi) is 1.90. The van der Waals surface area contributed by atoms with E-state index >= 15 is 0 Å². The number of nitrogens with zero attached hydrogens (tertiary/aromatic N) is 1. The monoisotopic (exact) mass is 193 g/mol. The summed E-state index contributed by atoms with van der Waals surface area (Å²) >= 11 is 0. The second kappa shape index (κ2) is 3.08. The summed E-state index contributed by atoms with van der Waals surface area (Å²) in [5, 5.41) is 10.4. The SMILES string of the molecule is O=CC1NNc2cc([N+](=O)[O-])ccc21. The molecule has 2 N–H and O–H groups in total. The average Bonchev–Trinajstić information content (AvgIpc) is 2.59. The number of nitrogens with one attached hydrogen (secondary N) is 2. The summed E-state index contributed by atoms with van der Waals surface area (Å²) in [5.41, 5.74) is 6.72. The molecule has 1 aliphatic rings. The fraction of sp³-hybridized carbons (Fsp3) is 0.125. The number of benzene rings is 1. The van der Waals surface area contributed by atoms with Gasteiger partial charge in [-0.3, -0.25) is 10.1 Å². The van der Waals surface area contributed by atoms with Crippen LogP contribution in [0.4, 0.5) is 11.4 Å². The number of fused-ring (bicyclic) bond motifs is 1. The molecule has 6 heteroatoms. The van der Waals surface area contributed by atoms with Gasteiger partial charge in [-0.1, -0.05) is 0 Å². The molecule has 0 fully saturated rings. The summed E-state index contributed by atoms with van der Waals surface area (Å²) in [6.45, 7) is 0. The lowest BCUT2D eigenvalue weighted by molar-refractivity contribution is -0.384. The Morgan fingerprint density at radius 1 is 1.50 bits per heavy atom. The Balaban J connectivity index is 2.43. The van der Waals surface area contributed by atoms with E-state index in [1.54, 1.807) is 6.07 Å². The fourth-order valence-electron chi connectivity index (χ4n) is 1.38. The van der Waals surface area contributed by atoms with E-state index in [4.69, 9.17) is 0 Å². The Morgan fingerprint density at radius 2 is 2.29 bits per heavy atom. The molecule has 0 amide bonds. The van der Waals surface area contributed by atoms with Crippen LogP contribution in [0.1, 0.15) is 11.6 Å². The Hall–Kier alpha value is -1.95. The first-order chi connectivity index (χ1) is 6.72. The number of hydrazine groups is 1. The lowest BCUT2D eigenvalue weighted by atomic mass is 10.1. The normalized spacial score (nSPS) is 18.4. The molecule has 1 heterocycles. The van der Waals surface area contributed by atoms with Crippen LogP contribution in [0.2, 0.25) is 0 Å². The second-order valence-electron chi connectivity index (χ2n) is 2.91. The van der Waals surface area contributed by atoms with Crippen molar-refractivity contribution in [1.29, 1.82) is 0 Å². The van der Waals surface area contributed by atoms with Gasteiger partial charge in [0.25, 0.3) is 5.69 Å². The largest absolute Gasteiger partial charge is 0.320 e. The number of nitro groups is 1. The van der Waals surface area contributed by atoms with Crippen LogP contribution in [0.5, 0.6) is 0 Å². The minimum atomic E-state index is -0.476. The topological polar surface area (TPSA) is 84.3 Å². The predicted molar refractivity (Wildman–Crippen MR) is 48.7 cm³/mol. The zero-order valence-electron chi connectivity index (χ0n) is 7.06. The molecular formula is C8H7N3O3. The van der Waals surface area contributed by atoms with Crippen molar-refractivity contribution in [3.05, 3.63) is 33.9 Å². The van der Waals surface area contributed by atoms with Crippen molar-refractivity contribution in [1.82, 2.24) is 5.43 Å². The highest BCUT2D eigenvalue weighted by molar-refractivity contribution is 5.72. The van der Waals surface area contributed by atoms with Gasteiger partial charge in [0.2, 0.25) is 0 Å². The Morgan fingerprint density at radius 3 is 2.93 bits per heavy atom. The summed E-state index contributed by atoms with van der Waals surface area (Å²) in [4.78, 5) is 20.5. The van der Waals surface area contributed by atoms with Crippen molar-refractivity contribution in [3.63, 3.8) is 0 Å². The van der Waals surface area contributed by atoms with Crippen molar-refractivity contribution in [2.75, 3.05) is 5.43 Å². The van der Waals surface area contributed by atoms with E-state index < -0.39 is 11.0 Å². The third-order valence-electron chi connectivity index (χ3n) is 2.08. The van der Waals surface area contributed by atoms with E-state index in [2.05, 4.69) is 10.9 Å². The number of hydrogen-bond donors (Lipinski definition) is 2. The highest BCUT2D eigenvalue weighted by atomic mass is 16.6. The minimum absolute atomic E-state index is 0.00426. The maximum atomic E-state index is 10.6. The van der Waals surface area contributed by atoms with Gasteiger partial charge in [-0.15, -0.1) is 0 Å². The first-order valence-corrected chi connectivity index (χ1v) is 3.97. The first kappa shape index (κ1) is 8.64. The van der Waals surface area contributed by atoms with Gasteiger partial charge in [0.1, 0.15) is 12.3 Å². The first-order valence-electron chi connectivity index (χ1n) is 3.97. The number of rotatable bonds is 2. The maximum absolute atomic E-state index is 10.6. The standard InChI is InChI=1S/C8H7N3O3/c12-4-8-6-2-1-5(11(13)14)3-7(6)9-10-8/h1-4,8-10H. The van der Waals surface area contributed by atoms with Crippen LogP contribution in [0.3, 0.4) is 0 Å². The Labute approximate surface area is 79.0 Å². The van der Waals surface area contributed by atoms with Crippen LogP contribution in [-0.4, -0.2) is 11.2 Å². The smallest absolute Gasteiger partial charge is 0.271 e. The third-order valence-corrected chi connectivity index (χ3v) is 2.08. The molecular weight excluding hydrogens is 186 g/mol. The highest BCUT2D eigenvalue weighted by Gasteiger charge is 2.22. The predicted octanol–water partition coefficient (Wildman–Crippen LogP) is 0.765. The molecule has 1 unspecified atom stereocenters. The van der Waals surface area contributed by atoms with E-state index in [1.165, 1.54) is 12.1 Å². The van der Waals surface area contributed by atoms with E-state index in [-0.39, 0.29) is 5.69 Å². The zero-order valence-corrected chi connectivity index (χ0v) is 7.06. The van der Waals surface area contributed by atoms with Crippen LogP contribution in [-0.2, 0) is 4.79 Å². The van der Waals surface area contributed by atoms with Crippen LogP contribution >= 0.6 is 0 Å². The van der Waals surface area contributed by atoms with Gasteiger partial charge in [-0.05, 0) is 6.07 Å². The summed E-state index contributed by atoms with van der Waals surface area (Å²) in [7, 11) is 0. The second-order valence-corrected chi connectivity index (χ2v) is 2.91. The van der Waals surface area contributed by atoms with Crippen LogP contribution in [0.25, 0.3) is 0 Å². The van der Waals surface area contributed by atoms with Crippen LogP contribution < -0.4 is 10.9 Å². The molecule has 0 bridgehead atoms. The minimum Gasteiger partial charge on any atom is -0.320 e. The summed E-state index contributed by atoms with van der Waals surface area (Å²) in [6, 6.07) is 3.92. The molecule has 0 saturated carbocycles. The summed E-state index contributed by atoms with van der Waals surface area (Å²) < 4.78 is 0. The molecule has 0 aliphatic carbocycles. The molecule has 14 heavy (non-hydrogen) atoms. The lowest BCUT2D eigenvalue weighted by Crippen LogP contribution is -2.19. The van der Waals surface area contributed by atoms with Crippen LogP contribution in [0.15, 0.2) is 18.2 Å². The van der Waals surface area contributed by atoms with Crippen molar-refractivity contribution >= 4 is 17.7 Å².